The minimum atomic E-state index is 0.0589. The summed E-state index contributed by atoms with van der Waals surface area (Å²) in [4.78, 5) is 0. The monoisotopic (exact) mass is 218 g/mol. The highest BCUT2D eigenvalue weighted by Crippen LogP contribution is 2.04. The van der Waals surface area contributed by atoms with E-state index < -0.39 is 0 Å². The fourth-order valence-corrected chi connectivity index (χ4v) is 1.57. The van der Waals surface area contributed by atoms with E-state index in [1.807, 2.05) is 18.2 Å². The molecule has 16 heavy (non-hydrogen) atoms. The van der Waals surface area contributed by atoms with Crippen molar-refractivity contribution in [1.29, 1.82) is 0 Å². The smallest absolute Gasteiger partial charge is 0.151 e. The zero-order valence-corrected chi connectivity index (χ0v) is 8.95. The summed E-state index contributed by atoms with van der Waals surface area (Å²) in [5, 5.41) is 20.2. The fourth-order valence-electron chi connectivity index (χ4n) is 1.57. The van der Waals surface area contributed by atoms with Gasteiger partial charge in [-0.1, -0.05) is 30.3 Å². The quantitative estimate of drug-likeness (QED) is 0.791. The highest BCUT2D eigenvalue weighted by molar-refractivity contribution is 5.15. The maximum atomic E-state index is 8.83. The van der Waals surface area contributed by atoms with Crippen LogP contribution in [-0.2, 0) is 19.4 Å². The zero-order valence-electron chi connectivity index (χ0n) is 8.95. The van der Waals surface area contributed by atoms with Gasteiger partial charge >= 0.3 is 0 Å². The summed E-state index contributed by atoms with van der Waals surface area (Å²) in [5.41, 5.74) is 1.26. The fraction of sp³-hybridized carbons (Fsp3) is 0.364. The van der Waals surface area contributed by atoms with E-state index in [1.165, 1.54) is 5.56 Å². The minimum Gasteiger partial charge on any atom is -0.394 e. The highest BCUT2D eigenvalue weighted by atomic mass is 16.3. The van der Waals surface area contributed by atoms with Crippen LogP contribution in [0.2, 0.25) is 0 Å². The SMILES string of the molecule is OCCn1nnnc1CCc1ccccc1. The van der Waals surface area contributed by atoms with Crippen molar-refractivity contribution in [1.82, 2.24) is 20.2 Å². The van der Waals surface area contributed by atoms with Crippen LogP contribution in [0.5, 0.6) is 0 Å². The second kappa shape index (κ2) is 5.37. The first kappa shape index (κ1) is 10.8. The number of tetrazole rings is 1. The van der Waals surface area contributed by atoms with E-state index in [0.717, 1.165) is 18.7 Å². The maximum Gasteiger partial charge on any atom is 0.151 e. The molecule has 1 N–H and O–H groups in total. The Kier molecular flexibility index (Phi) is 3.61. The Morgan fingerprint density at radius 1 is 1.12 bits per heavy atom. The molecule has 0 bridgehead atoms. The third-order valence-corrected chi connectivity index (χ3v) is 2.40. The first-order valence-corrected chi connectivity index (χ1v) is 5.30. The number of nitrogens with zero attached hydrogens (tertiary/aromatic N) is 4. The van der Waals surface area contributed by atoms with Gasteiger partial charge in [-0.2, -0.15) is 0 Å². The predicted octanol–water partition coefficient (Wildman–Crippen LogP) is 0.451. The molecule has 0 atom stereocenters. The first-order chi connectivity index (χ1) is 7.90. The van der Waals surface area contributed by atoms with Crippen LogP contribution in [0, 0.1) is 0 Å². The normalized spacial score (nSPS) is 10.6. The standard InChI is InChI=1S/C11H14N4O/c16-9-8-15-11(12-13-14-15)7-6-10-4-2-1-3-5-10/h1-5,16H,6-9H2. The summed E-state index contributed by atoms with van der Waals surface area (Å²) in [6, 6.07) is 10.2. The summed E-state index contributed by atoms with van der Waals surface area (Å²) in [6.07, 6.45) is 1.70. The topological polar surface area (TPSA) is 63.8 Å². The summed E-state index contributed by atoms with van der Waals surface area (Å²) in [6.45, 7) is 0.514. The Morgan fingerprint density at radius 3 is 2.69 bits per heavy atom. The number of aliphatic hydroxyl groups is 1. The van der Waals surface area contributed by atoms with Crippen molar-refractivity contribution in [3.8, 4) is 0 Å². The van der Waals surface area contributed by atoms with Gasteiger partial charge in [-0.15, -0.1) is 5.10 Å². The molecular weight excluding hydrogens is 204 g/mol. The van der Waals surface area contributed by atoms with E-state index in [1.54, 1.807) is 4.68 Å². The van der Waals surface area contributed by atoms with Crippen LogP contribution in [0.3, 0.4) is 0 Å². The summed E-state index contributed by atoms with van der Waals surface area (Å²) >= 11 is 0. The Labute approximate surface area is 93.7 Å². The molecule has 2 rings (SSSR count). The molecular formula is C11H14N4O. The molecule has 0 unspecified atom stereocenters. The van der Waals surface area contributed by atoms with Crippen LogP contribution < -0.4 is 0 Å². The van der Waals surface area contributed by atoms with Gasteiger partial charge in [0.2, 0.25) is 0 Å². The Bertz CT molecular complexity index is 427. The second-order valence-corrected chi connectivity index (χ2v) is 3.53. The van der Waals surface area contributed by atoms with E-state index in [-0.39, 0.29) is 6.61 Å². The molecule has 0 saturated carbocycles. The zero-order chi connectivity index (χ0) is 11.2. The van der Waals surface area contributed by atoms with E-state index in [2.05, 4.69) is 27.7 Å². The number of aryl methyl sites for hydroxylation is 2. The van der Waals surface area contributed by atoms with Gasteiger partial charge < -0.3 is 5.11 Å². The van der Waals surface area contributed by atoms with Crippen LogP contribution in [0.1, 0.15) is 11.4 Å². The van der Waals surface area contributed by atoms with E-state index >= 15 is 0 Å². The van der Waals surface area contributed by atoms with Gasteiger partial charge in [-0.3, -0.25) is 0 Å². The summed E-state index contributed by atoms with van der Waals surface area (Å²) in [7, 11) is 0. The molecule has 5 nitrogen and oxygen atoms in total. The average molecular weight is 218 g/mol. The lowest BCUT2D eigenvalue weighted by atomic mass is 10.1. The van der Waals surface area contributed by atoms with Crippen molar-refractivity contribution in [3.05, 3.63) is 41.7 Å². The molecule has 5 heteroatoms. The number of rotatable bonds is 5. The molecule has 1 aromatic carbocycles. The lowest BCUT2D eigenvalue weighted by Crippen LogP contribution is -2.09. The van der Waals surface area contributed by atoms with Gasteiger partial charge in [0.05, 0.1) is 13.2 Å². The molecule has 0 spiro atoms. The van der Waals surface area contributed by atoms with Crippen LogP contribution in [-0.4, -0.2) is 31.9 Å². The predicted molar refractivity (Wildman–Crippen MR) is 58.8 cm³/mol. The van der Waals surface area contributed by atoms with Crippen molar-refractivity contribution >= 4 is 0 Å². The van der Waals surface area contributed by atoms with E-state index in [9.17, 15) is 0 Å². The Hall–Kier alpha value is -1.75. The lowest BCUT2D eigenvalue weighted by Gasteiger charge is -2.02. The number of hydrogen-bond acceptors (Lipinski definition) is 4. The van der Waals surface area contributed by atoms with Crippen molar-refractivity contribution in [2.45, 2.75) is 19.4 Å². The van der Waals surface area contributed by atoms with Gasteiger partial charge in [0, 0.05) is 6.42 Å². The van der Waals surface area contributed by atoms with Crippen LogP contribution >= 0.6 is 0 Å². The van der Waals surface area contributed by atoms with Gasteiger partial charge in [-0.05, 0) is 22.4 Å². The number of aromatic nitrogens is 4. The van der Waals surface area contributed by atoms with Gasteiger partial charge in [0.25, 0.3) is 0 Å². The molecule has 1 aromatic heterocycles. The molecule has 0 fully saturated rings. The van der Waals surface area contributed by atoms with Gasteiger partial charge in [0.1, 0.15) is 0 Å². The molecule has 0 aliphatic rings. The molecule has 0 aliphatic carbocycles. The van der Waals surface area contributed by atoms with Gasteiger partial charge in [-0.25, -0.2) is 4.68 Å². The van der Waals surface area contributed by atoms with Gasteiger partial charge in [0.15, 0.2) is 5.82 Å². The average Bonchev–Trinajstić information content (AvgIpc) is 2.76. The maximum absolute atomic E-state index is 8.83. The number of aliphatic hydroxyl groups excluding tert-OH is 1. The molecule has 2 aromatic rings. The van der Waals surface area contributed by atoms with E-state index in [0.29, 0.717) is 6.54 Å². The van der Waals surface area contributed by atoms with Crippen molar-refractivity contribution in [2.75, 3.05) is 6.61 Å². The van der Waals surface area contributed by atoms with Crippen LogP contribution in [0.25, 0.3) is 0 Å². The second-order valence-electron chi connectivity index (χ2n) is 3.53. The highest BCUT2D eigenvalue weighted by Gasteiger charge is 2.05. The minimum absolute atomic E-state index is 0.0589. The molecule has 0 radical (unpaired) electrons. The Balaban J connectivity index is 1.97. The molecule has 1 heterocycles. The van der Waals surface area contributed by atoms with Crippen molar-refractivity contribution < 1.29 is 5.11 Å². The largest absolute Gasteiger partial charge is 0.394 e. The van der Waals surface area contributed by atoms with Crippen molar-refractivity contribution in [2.24, 2.45) is 0 Å². The third-order valence-electron chi connectivity index (χ3n) is 2.40. The van der Waals surface area contributed by atoms with Crippen LogP contribution in [0.4, 0.5) is 0 Å². The van der Waals surface area contributed by atoms with E-state index in [4.69, 9.17) is 5.11 Å². The first-order valence-electron chi connectivity index (χ1n) is 5.30. The van der Waals surface area contributed by atoms with Crippen molar-refractivity contribution in [3.63, 3.8) is 0 Å². The molecule has 0 amide bonds. The number of benzene rings is 1. The summed E-state index contributed by atoms with van der Waals surface area (Å²) in [5.74, 6) is 0.818. The third kappa shape index (κ3) is 2.64. The molecule has 0 aliphatic heterocycles. The molecule has 84 valence electrons. The lowest BCUT2D eigenvalue weighted by molar-refractivity contribution is 0.265. The Morgan fingerprint density at radius 2 is 1.94 bits per heavy atom. The summed E-state index contributed by atoms with van der Waals surface area (Å²) < 4.78 is 1.64. The molecule has 0 saturated heterocycles. The number of hydrogen-bond donors (Lipinski definition) is 1. The van der Waals surface area contributed by atoms with Crippen LogP contribution in [0.15, 0.2) is 30.3 Å².